The summed E-state index contributed by atoms with van der Waals surface area (Å²) in [4.78, 5) is 11.4. The van der Waals surface area contributed by atoms with Gasteiger partial charge in [-0.25, -0.2) is 8.78 Å². The standard InChI is InChI=1S/C10H12F2N2O2/c1-16-8(5-13)10(15)14-7-4-2-3-6(11)9(7)12/h2-4,8H,5,13H2,1H3,(H,14,15). The predicted molar refractivity (Wildman–Crippen MR) is 54.8 cm³/mol. The molecule has 4 nitrogen and oxygen atoms in total. The van der Waals surface area contributed by atoms with Gasteiger partial charge in [-0.05, 0) is 12.1 Å². The molecule has 0 heterocycles. The lowest BCUT2D eigenvalue weighted by Crippen LogP contribution is -2.36. The Kier molecular flexibility index (Phi) is 4.33. The molecule has 1 rings (SSSR count). The van der Waals surface area contributed by atoms with Crippen molar-refractivity contribution in [1.82, 2.24) is 0 Å². The van der Waals surface area contributed by atoms with Crippen molar-refractivity contribution in [2.75, 3.05) is 19.0 Å². The largest absolute Gasteiger partial charge is 0.370 e. The predicted octanol–water partition coefficient (Wildman–Crippen LogP) is 0.877. The van der Waals surface area contributed by atoms with Crippen LogP contribution < -0.4 is 11.1 Å². The number of halogens is 2. The van der Waals surface area contributed by atoms with Crippen LogP contribution in [0.4, 0.5) is 14.5 Å². The maximum atomic E-state index is 13.2. The van der Waals surface area contributed by atoms with Crippen LogP contribution in [0.15, 0.2) is 18.2 Å². The van der Waals surface area contributed by atoms with Crippen LogP contribution in [0.25, 0.3) is 0 Å². The second-order valence-corrected chi connectivity index (χ2v) is 3.05. The Bertz CT molecular complexity index is 381. The van der Waals surface area contributed by atoms with Crippen LogP contribution in [0.3, 0.4) is 0 Å². The van der Waals surface area contributed by atoms with E-state index in [2.05, 4.69) is 5.32 Å². The highest BCUT2D eigenvalue weighted by atomic mass is 19.2. The van der Waals surface area contributed by atoms with Crippen LogP contribution in [-0.2, 0) is 9.53 Å². The molecule has 1 aromatic rings. The summed E-state index contributed by atoms with van der Waals surface area (Å²) in [5.74, 6) is -2.75. The van der Waals surface area contributed by atoms with Crippen LogP contribution >= 0.6 is 0 Å². The maximum absolute atomic E-state index is 13.2. The minimum absolute atomic E-state index is 0.0424. The summed E-state index contributed by atoms with van der Waals surface area (Å²) in [6.45, 7) is -0.0424. The zero-order valence-corrected chi connectivity index (χ0v) is 8.67. The van der Waals surface area contributed by atoms with Crippen LogP contribution in [0, 0.1) is 11.6 Å². The average molecular weight is 230 g/mol. The van der Waals surface area contributed by atoms with Crippen molar-refractivity contribution >= 4 is 11.6 Å². The van der Waals surface area contributed by atoms with E-state index in [9.17, 15) is 13.6 Å². The molecule has 0 fully saturated rings. The Morgan fingerprint density at radius 1 is 1.56 bits per heavy atom. The minimum Gasteiger partial charge on any atom is -0.370 e. The molecule has 1 aromatic carbocycles. The summed E-state index contributed by atoms with van der Waals surface area (Å²) in [5, 5.41) is 2.19. The molecule has 3 N–H and O–H groups in total. The number of methoxy groups -OCH3 is 1. The average Bonchev–Trinajstić information content (AvgIpc) is 2.26. The van der Waals surface area contributed by atoms with Gasteiger partial charge >= 0.3 is 0 Å². The van der Waals surface area contributed by atoms with Gasteiger partial charge in [0.15, 0.2) is 11.6 Å². The van der Waals surface area contributed by atoms with E-state index in [1.807, 2.05) is 0 Å². The molecule has 0 aliphatic carbocycles. The molecular weight excluding hydrogens is 218 g/mol. The maximum Gasteiger partial charge on any atom is 0.254 e. The summed E-state index contributed by atoms with van der Waals surface area (Å²) < 4.78 is 30.7. The lowest BCUT2D eigenvalue weighted by Gasteiger charge is -2.13. The molecule has 0 bridgehead atoms. The van der Waals surface area contributed by atoms with E-state index in [4.69, 9.17) is 10.5 Å². The topological polar surface area (TPSA) is 64.3 Å². The van der Waals surface area contributed by atoms with Crippen molar-refractivity contribution < 1.29 is 18.3 Å². The van der Waals surface area contributed by atoms with Crippen LogP contribution in [0.5, 0.6) is 0 Å². The summed E-state index contributed by atoms with van der Waals surface area (Å²) in [5.41, 5.74) is 5.02. The van der Waals surface area contributed by atoms with Gasteiger partial charge in [0.25, 0.3) is 5.91 Å². The molecular formula is C10H12F2N2O2. The van der Waals surface area contributed by atoms with E-state index in [-0.39, 0.29) is 12.2 Å². The lowest BCUT2D eigenvalue weighted by atomic mass is 10.2. The zero-order valence-electron chi connectivity index (χ0n) is 8.67. The second kappa shape index (κ2) is 5.53. The molecule has 6 heteroatoms. The number of hydrogen-bond acceptors (Lipinski definition) is 3. The number of hydrogen-bond donors (Lipinski definition) is 2. The van der Waals surface area contributed by atoms with Gasteiger partial charge in [0.05, 0.1) is 5.69 Å². The smallest absolute Gasteiger partial charge is 0.254 e. The number of carbonyl (C=O) groups is 1. The van der Waals surface area contributed by atoms with Crippen molar-refractivity contribution in [3.8, 4) is 0 Å². The van der Waals surface area contributed by atoms with Gasteiger partial charge < -0.3 is 15.8 Å². The number of rotatable bonds is 4. The first-order chi connectivity index (χ1) is 7.60. The van der Waals surface area contributed by atoms with Gasteiger partial charge in [-0.2, -0.15) is 0 Å². The Labute approximate surface area is 91.4 Å². The number of nitrogens with one attached hydrogen (secondary N) is 1. The van der Waals surface area contributed by atoms with Gasteiger partial charge in [0.2, 0.25) is 0 Å². The summed E-state index contributed by atoms with van der Waals surface area (Å²) in [7, 11) is 1.30. The molecule has 0 spiro atoms. The van der Waals surface area contributed by atoms with Crippen molar-refractivity contribution in [1.29, 1.82) is 0 Å². The fourth-order valence-corrected chi connectivity index (χ4v) is 1.12. The van der Waals surface area contributed by atoms with E-state index < -0.39 is 23.6 Å². The third-order valence-electron chi connectivity index (χ3n) is 2.00. The van der Waals surface area contributed by atoms with Gasteiger partial charge in [-0.1, -0.05) is 6.07 Å². The fourth-order valence-electron chi connectivity index (χ4n) is 1.12. The Hall–Kier alpha value is -1.53. The Morgan fingerprint density at radius 3 is 2.81 bits per heavy atom. The van der Waals surface area contributed by atoms with Crippen molar-refractivity contribution in [3.63, 3.8) is 0 Å². The van der Waals surface area contributed by atoms with E-state index in [0.29, 0.717) is 0 Å². The SMILES string of the molecule is COC(CN)C(=O)Nc1cccc(F)c1F. The summed E-state index contributed by atoms with van der Waals surface area (Å²) in [6, 6.07) is 3.50. The molecule has 1 amide bonds. The van der Waals surface area contributed by atoms with Crippen LogP contribution in [0.1, 0.15) is 0 Å². The van der Waals surface area contributed by atoms with E-state index in [0.717, 1.165) is 6.07 Å². The third-order valence-corrected chi connectivity index (χ3v) is 2.00. The second-order valence-electron chi connectivity index (χ2n) is 3.05. The quantitative estimate of drug-likeness (QED) is 0.806. The number of ether oxygens (including phenoxy) is 1. The van der Waals surface area contributed by atoms with E-state index in [1.165, 1.54) is 19.2 Å². The lowest BCUT2D eigenvalue weighted by molar-refractivity contribution is -0.125. The Balaban J connectivity index is 2.80. The van der Waals surface area contributed by atoms with Crippen molar-refractivity contribution in [3.05, 3.63) is 29.8 Å². The van der Waals surface area contributed by atoms with Gasteiger partial charge in [-0.3, -0.25) is 4.79 Å². The Morgan fingerprint density at radius 2 is 2.25 bits per heavy atom. The normalized spacial score (nSPS) is 12.2. The zero-order chi connectivity index (χ0) is 12.1. The first-order valence-corrected chi connectivity index (χ1v) is 4.58. The van der Waals surface area contributed by atoms with Crippen LogP contribution in [0.2, 0.25) is 0 Å². The number of benzene rings is 1. The van der Waals surface area contributed by atoms with E-state index in [1.54, 1.807) is 0 Å². The molecule has 0 saturated heterocycles. The number of carbonyl (C=O) groups excluding carboxylic acids is 1. The van der Waals surface area contributed by atoms with Gasteiger partial charge in [0.1, 0.15) is 6.10 Å². The van der Waals surface area contributed by atoms with Gasteiger partial charge in [0, 0.05) is 13.7 Å². The highest BCUT2D eigenvalue weighted by Gasteiger charge is 2.18. The molecule has 0 aliphatic rings. The monoisotopic (exact) mass is 230 g/mol. The third kappa shape index (κ3) is 2.74. The molecule has 0 aliphatic heterocycles. The highest BCUT2D eigenvalue weighted by molar-refractivity contribution is 5.94. The summed E-state index contributed by atoms with van der Waals surface area (Å²) >= 11 is 0. The van der Waals surface area contributed by atoms with E-state index >= 15 is 0 Å². The first-order valence-electron chi connectivity index (χ1n) is 4.58. The number of nitrogens with two attached hydrogens (primary N) is 1. The molecule has 0 aromatic heterocycles. The molecule has 1 atom stereocenters. The van der Waals surface area contributed by atoms with Crippen LogP contribution in [-0.4, -0.2) is 25.7 Å². The van der Waals surface area contributed by atoms with Crippen molar-refractivity contribution in [2.24, 2.45) is 5.73 Å². The molecule has 0 radical (unpaired) electrons. The highest BCUT2D eigenvalue weighted by Crippen LogP contribution is 2.16. The first kappa shape index (κ1) is 12.5. The minimum atomic E-state index is -1.11. The van der Waals surface area contributed by atoms with Crippen molar-refractivity contribution in [2.45, 2.75) is 6.10 Å². The number of amides is 1. The molecule has 0 saturated carbocycles. The molecule has 16 heavy (non-hydrogen) atoms. The number of anilines is 1. The molecule has 1 unspecified atom stereocenters. The summed E-state index contributed by atoms with van der Waals surface area (Å²) in [6.07, 6.45) is -0.886. The fraction of sp³-hybridized carbons (Fsp3) is 0.300. The molecule has 88 valence electrons. The van der Waals surface area contributed by atoms with Gasteiger partial charge in [-0.15, -0.1) is 0 Å².